The van der Waals surface area contributed by atoms with Crippen molar-refractivity contribution in [3.63, 3.8) is 0 Å². The van der Waals surface area contributed by atoms with Crippen LogP contribution in [-0.2, 0) is 0 Å². The molecule has 1 unspecified atom stereocenters. The van der Waals surface area contributed by atoms with Gasteiger partial charge < -0.3 is 15.5 Å². The smallest absolute Gasteiger partial charge is 0.141 e. The van der Waals surface area contributed by atoms with Gasteiger partial charge in [0.05, 0.1) is 11.9 Å². The number of aromatic nitrogens is 1. The maximum Gasteiger partial charge on any atom is 0.141 e. The summed E-state index contributed by atoms with van der Waals surface area (Å²) < 4.78 is 12.8. The van der Waals surface area contributed by atoms with E-state index < -0.39 is 0 Å². The molecule has 114 valence electrons. The molecule has 1 aromatic heterocycles. The summed E-state index contributed by atoms with van der Waals surface area (Å²) in [6, 6.07) is 2.96. The normalized spacial score (nSPS) is 13.2. The fourth-order valence-electron chi connectivity index (χ4n) is 2.07. The summed E-state index contributed by atoms with van der Waals surface area (Å²) >= 11 is 0. The Morgan fingerprint density at radius 3 is 2.50 bits per heavy atom. The third-order valence-corrected chi connectivity index (χ3v) is 3.29. The minimum atomic E-state index is -0.320. The van der Waals surface area contributed by atoms with Crippen molar-refractivity contribution in [2.24, 2.45) is 5.73 Å². The van der Waals surface area contributed by atoms with E-state index >= 15 is 0 Å². The van der Waals surface area contributed by atoms with Gasteiger partial charge in [0, 0.05) is 25.7 Å². The third-order valence-electron chi connectivity index (χ3n) is 3.29. The van der Waals surface area contributed by atoms with Crippen LogP contribution >= 0.6 is 0 Å². The predicted molar refractivity (Wildman–Crippen MR) is 81.0 cm³/mol. The van der Waals surface area contributed by atoms with E-state index in [-0.39, 0.29) is 11.9 Å². The lowest BCUT2D eigenvalue weighted by Crippen LogP contribution is -2.34. The first kappa shape index (κ1) is 17.0. The van der Waals surface area contributed by atoms with Gasteiger partial charge in [0.2, 0.25) is 0 Å². The van der Waals surface area contributed by atoms with Crippen molar-refractivity contribution < 1.29 is 4.39 Å². The van der Waals surface area contributed by atoms with Gasteiger partial charge in [-0.05, 0) is 45.6 Å². The number of hydrogen-bond acceptors (Lipinski definition) is 4. The van der Waals surface area contributed by atoms with Crippen LogP contribution in [0.1, 0.15) is 31.5 Å². The molecule has 1 rings (SSSR count). The topological polar surface area (TPSA) is 45.4 Å². The average molecular weight is 282 g/mol. The van der Waals surface area contributed by atoms with E-state index in [4.69, 9.17) is 5.73 Å². The number of hydrogen-bond donors (Lipinski definition) is 1. The summed E-state index contributed by atoms with van der Waals surface area (Å²) in [5, 5.41) is 0. The molecular weight excluding hydrogens is 255 g/mol. The molecule has 5 heteroatoms. The van der Waals surface area contributed by atoms with Gasteiger partial charge in [-0.1, -0.05) is 6.92 Å². The molecule has 0 spiro atoms. The van der Waals surface area contributed by atoms with Gasteiger partial charge in [-0.25, -0.2) is 4.39 Å². The molecule has 0 saturated heterocycles. The van der Waals surface area contributed by atoms with E-state index in [1.54, 1.807) is 6.07 Å². The molecule has 0 saturated carbocycles. The van der Waals surface area contributed by atoms with Gasteiger partial charge in [0.25, 0.3) is 0 Å². The van der Waals surface area contributed by atoms with E-state index in [0.717, 1.165) is 44.7 Å². The molecule has 0 aromatic carbocycles. The number of likely N-dealkylation sites (N-methyl/N-ethyl adjacent to an activating group) is 1. The van der Waals surface area contributed by atoms with Gasteiger partial charge in [-0.2, -0.15) is 0 Å². The van der Waals surface area contributed by atoms with Crippen molar-refractivity contribution in [3.8, 4) is 0 Å². The van der Waals surface area contributed by atoms with Crippen molar-refractivity contribution >= 4 is 0 Å². The monoisotopic (exact) mass is 282 g/mol. The first-order valence-corrected chi connectivity index (χ1v) is 7.27. The Morgan fingerprint density at radius 2 is 1.95 bits per heavy atom. The predicted octanol–water partition coefficient (Wildman–Crippen LogP) is 1.88. The summed E-state index contributed by atoms with van der Waals surface area (Å²) in [5.41, 5.74) is 6.88. The van der Waals surface area contributed by atoms with Gasteiger partial charge in [0.15, 0.2) is 0 Å². The maximum atomic E-state index is 12.8. The van der Waals surface area contributed by atoms with E-state index in [1.807, 2.05) is 0 Å². The second-order valence-electron chi connectivity index (χ2n) is 5.44. The molecule has 20 heavy (non-hydrogen) atoms. The van der Waals surface area contributed by atoms with Crippen LogP contribution in [0.25, 0.3) is 0 Å². The Kier molecular flexibility index (Phi) is 7.65. The van der Waals surface area contributed by atoms with E-state index in [0.29, 0.717) is 0 Å². The number of nitrogens with zero attached hydrogens (tertiary/aromatic N) is 3. The zero-order valence-corrected chi connectivity index (χ0v) is 12.8. The van der Waals surface area contributed by atoms with Gasteiger partial charge in [-0.3, -0.25) is 4.98 Å². The SMILES string of the molecule is CCCN(CCC(N)c1ccc(F)cn1)CCN(C)C. The summed E-state index contributed by atoms with van der Waals surface area (Å²) in [5.74, 6) is -0.320. The molecule has 0 fully saturated rings. The minimum absolute atomic E-state index is 0.130. The van der Waals surface area contributed by atoms with Crippen LogP contribution < -0.4 is 5.73 Å². The largest absolute Gasteiger partial charge is 0.323 e. The third kappa shape index (κ3) is 6.41. The van der Waals surface area contributed by atoms with Crippen molar-refractivity contribution in [3.05, 3.63) is 29.8 Å². The van der Waals surface area contributed by atoms with Gasteiger partial charge >= 0.3 is 0 Å². The van der Waals surface area contributed by atoms with Crippen molar-refractivity contribution in [2.75, 3.05) is 40.3 Å². The molecule has 0 radical (unpaired) electrons. The zero-order chi connectivity index (χ0) is 15.0. The van der Waals surface area contributed by atoms with Crippen LogP contribution in [0.15, 0.2) is 18.3 Å². The van der Waals surface area contributed by atoms with Crippen molar-refractivity contribution in [1.82, 2.24) is 14.8 Å². The Bertz CT molecular complexity index is 367. The molecule has 0 aliphatic carbocycles. The lowest BCUT2D eigenvalue weighted by Gasteiger charge is -2.24. The quantitative estimate of drug-likeness (QED) is 0.751. The van der Waals surface area contributed by atoms with E-state index in [2.05, 4.69) is 35.8 Å². The number of nitrogens with two attached hydrogens (primary N) is 1. The molecule has 0 aliphatic heterocycles. The fraction of sp³-hybridized carbons (Fsp3) is 0.667. The lowest BCUT2D eigenvalue weighted by molar-refractivity contribution is 0.233. The van der Waals surface area contributed by atoms with E-state index in [9.17, 15) is 4.39 Å². The fourth-order valence-corrected chi connectivity index (χ4v) is 2.07. The zero-order valence-electron chi connectivity index (χ0n) is 12.8. The molecule has 1 atom stereocenters. The molecule has 2 N–H and O–H groups in total. The standard InChI is InChI=1S/C15H27FN4/c1-4-8-20(11-10-19(2)3)9-7-14(17)15-6-5-13(16)12-18-15/h5-6,12,14H,4,7-11,17H2,1-3H3. The summed E-state index contributed by atoms with van der Waals surface area (Å²) in [7, 11) is 4.16. The summed E-state index contributed by atoms with van der Waals surface area (Å²) in [6.45, 7) is 6.30. The van der Waals surface area contributed by atoms with Crippen LogP contribution in [0.2, 0.25) is 0 Å². The van der Waals surface area contributed by atoms with Crippen molar-refractivity contribution in [1.29, 1.82) is 0 Å². The summed E-state index contributed by atoms with van der Waals surface area (Å²) in [6.07, 6.45) is 3.20. The van der Waals surface area contributed by atoms with Crippen LogP contribution in [0.3, 0.4) is 0 Å². The van der Waals surface area contributed by atoms with E-state index in [1.165, 1.54) is 12.3 Å². The molecule has 0 aliphatic rings. The van der Waals surface area contributed by atoms with Crippen LogP contribution in [0.4, 0.5) is 4.39 Å². The number of rotatable bonds is 9. The van der Waals surface area contributed by atoms with Crippen LogP contribution in [0.5, 0.6) is 0 Å². The van der Waals surface area contributed by atoms with Crippen LogP contribution in [-0.4, -0.2) is 55.1 Å². The highest BCUT2D eigenvalue weighted by molar-refractivity contribution is 5.09. The lowest BCUT2D eigenvalue weighted by atomic mass is 10.1. The second kappa shape index (κ2) is 9.00. The van der Waals surface area contributed by atoms with Crippen molar-refractivity contribution in [2.45, 2.75) is 25.8 Å². The van der Waals surface area contributed by atoms with Gasteiger partial charge in [0.1, 0.15) is 5.82 Å². The highest BCUT2D eigenvalue weighted by atomic mass is 19.1. The number of halogens is 1. The first-order valence-electron chi connectivity index (χ1n) is 7.27. The highest BCUT2D eigenvalue weighted by Gasteiger charge is 2.11. The number of pyridine rings is 1. The Hall–Kier alpha value is -1.04. The Morgan fingerprint density at radius 1 is 1.20 bits per heavy atom. The average Bonchev–Trinajstić information content (AvgIpc) is 2.42. The molecule has 1 aromatic rings. The van der Waals surface area contributed by atoms with Gasteiger partial charge in [-0.15, -0.1) is 0 Å². The highest BCUT2D eigenvalue weighted by Crippen LogP contribution is 2.12. The molecular formula is C15H27FN4. The molecule has 0 bridgehead atoms. The second-order valence-corrected chi connectivity index (χ2v) is 5.44. The molecule has 4 nitrogen and oxygen atoms in total. The Balaban J connectivity index is 2.42. The molecule has 1 heterocycles. The Labute approximate surface area is 121 Å². The first-order chi connectivity index (χ1) is 9.52. The maximum absolute atomic E-state index is 12.8. The minimum Gasteiger partial charge on any atom is -0.323 e. The summed E-state index contributed by atoms with van der Waals surface area (Å²) in [4.78, 5) is 8.65. The van der Waals surface area contributed by atoms with Crippen LogP contribution in [0, 0.1) is 5.82 Å². The molecule has 0 amide bonds.